The lowest BCUT2D eigenvalue weighted by atomic mass is 9.95. The van der Waals surface area contributed by atoms with E-state index in [9.17, 15) is 13.9 Å². The van der Waals surface area contributed by atoms with Gasteiger partial charge in [0.1, 0.15) is 18.2 Å². The summed E-state index contributed by atoms with van der Waals surface area (Å²) >= 11 is 0. The number of benzene rings is 1. The molecule has 7 heteroatoms. The summed E-state index contributed by atoms with van der Waals surface area (Å²) in [5, 5.41) is 22.8. The summed E-state index contributed by atoms with van der Waals surface area (Å²) in [6.07, 6.45) is -1.08. The molecule has 1 aliphatic rings. The van der Waals surface area contributed by atoms with Crippen LogP contribution in [0.3, 0.4) is 0 Å². The molecule has 1 aliphatic heterocycles. The van der Waals surface area contributed by atoms with E-state index in [1.165, 1.54) is 0 Å². The van der Waals surface area contributed by atoms with Crippen LogP contribution in [0.15, 0.2) is 28.8 Å². The van der Waals surface area contributed by atoms with Crippen LogP contribution >= 0.6 is 0 Å². The fourth-order valence-corrected chi connectivity index (χ4v) is 2.61. The van der Waals surface area contributed by atoms with Gasteiger partial charge >= 0.3 is 0 Å². The van der Waals surface area contributed by atoms with Gasteiger partial charge in [-0.25, -0.2) is 8.78 Å². The zero-order valence-electron chi connectivity index (χ0n) is 11.7. The Labute approximate surface area is 125 Å². The van der Waals surface area contributed by atoms with Gasteiger partial charge in [0.05, 0.1) is 11.8 Å². The first-order valence-corrected chi connectivity index (χ1v) is 6.98. The summed E-state index contributed by atoms with van der Waals surface area (Å²) in [5.74, 6) is -0.616. The van der Waals surface area contributed by atoms with E-state index in [0.29, 0.717) is 18.8 Å². The van der Waals surface area contributed by atoms with Gasteiger partial charge in [0, 0.05) is 37.2 Å². The first-order valence-electron chi connectivity index (χ1n) is 6.98. The van der Waals surface area contributed by atoms with E-state index in [4.69, 9.17) is 9.63 Å². The van der Waals surface area contributed by atoms with Gasteiger partial charge in [-0.15, -0.1) is 0 Å². The summed E-state index contributed by atoms with van der Waals surface area (Å²) in [6, 6.07) is 4.75. The third kappa shape index (κ3) is 3.01. The lowest BCUT2D eigenvalue weighted by Gasteiger charge is -2.39. The molecule has 0 bridgehead atoms. The average Bonchev–Trinajstić information content (AvgIpc) is 2.93. The summed E-state index contributed by atoms with van der Waals surface area (Å²) in [7, 11) is 0. The molecule has 1 saturated heterocycles. The minimum absolute atomic E-state index is 0.0348. The molecule has 1 aromatic carbocycles. The van der Waals surface area contributed by atoms with Gasteiger partial charge < -0.3 is 14.7 Å². The number of aromatic nitrogens is 1. The minimum Gasteiger partial charge on any atom is -0.388 e. The van der Waals surface area contributed by atoms with Crippen molar-refractivity contribution < 1.29 is 23.5 Å². The van der Waals surface area contributed by atoms with Crippen LogP contribution in [0, 0.1) is 11.6 Å². The van der Waals surface area contributed by atoms with E-state index in [1.54, 1.807) is 6.07 Å². The Balaban J connectivity index is 1.56. The van der Waals surface area contributed by atoms with Gasteiger partial charge in [-0.1, -0.05) is 5.16 Å². The van der Waals surface area contributed by atoms with Crippen molar-refractivity contribution in [1.82, 2.24) is 10.1 Å². The van der Waals surface area contributed by atoms with Crippen LogP contribution in [0.25, 0.3) is 0 Å². The maximum atomic E-state index is 13.6. The van der Waals surface area contributed by atoms with Crippen LogP contribution in [0.1, 0.15) is 29.0 Å². The van der Waals surface area contributed by atoms with Crippen molar-refractivity contribution in [2.45, 2.75) is 18.6 Å². The predicted molar refractivity (Wildman–Crippen MR) is 72.9 cm³/mol. The second-order valence-electron chi connectivity index (χ2n) is 5.47. The third-order valence-electron chi connectivity index (χ3n) is 3.86. The van der Waals surface area contributed by atoms with Gasteiger partial charge in [0.25, 0.3) is 0 Å². The first-order chi connectivity index (χ1) is 10.6. The highest BCUT2D eigenvalue weighted by Gasteiger charge is 2.32. The molecule has 2 aromatic rings. The molecule has 118 valence electrons. The normalized spacial score (nSPS) is 17.5. The summed E-state index contributed by atoms with van der Waals surface area (Å²) in [5.41, 5.74) is 0.721. The zero-order valence-corrected chi connectivity index (χ0v) is 11.7. The predicted octanol–water partition coefficient (Wildman–Crippen LogP) is 1.58. The van der Waals surface area contributed by atoms with Crippen molar-refractivity contribution in [3.63, 3.8) is 0 Å². The molecule has 5 nitrogen and oxygen atoms in total. The Morgan fingerprint density at radius 3 is 2.77 bits per heavy atom. The zero-order chi connectivity index (χ0) is 15.7. The largest absolute Gasteiger partial charge is 0.388 e. The Morgan fingerprint density at radius 2 is 2.09 bits per heavy atom. The number of β-amino-alcohol motifs (C(OH)–C–C–N with tert-alkyl or cyclic N) is 1. The molecule has 0 radical (unpaired) electrons. The lowest BCUT2D eigenvalue weighted by molar-refractivity contribution is 0.0607. The highest BCUT2D eigenvalue weighted by Crippen LogP contribution is 2.29. The van der Waals surface area contributed by atoms with Crippen LogP contribution in [-0.4, -0.2) is 39.9 Å². The van der Waals surface area contributed by atoms with E-state index in [2.05, 4.69) is 5.16 Å². The second kappa shape index (κ2) is 6.12. The summed E-state index contributed by atoms with van der Waals surface area (Å²) in [6.45, 7) is 1.32. The molecule has 0 spiro atoms. The van der Waals surface area contributed by atoms with Gasteiger partial charge in [-0.2, -0.15) is 0 Å². The van der Waals surface area contributed by atoms with Gasteiger partial charge in [0.2, 0.25) is 0 Å². The number of hydrogen-bond acceptors (Lipinski definition) is 5. The molecule has 22 heavy (non-hydrogen) atoms. The average molecular weight is 310 g/mol. The second-order valence-corrected chi connectivity index (χ2v) is 5.47. The minimum atomic E-state index is -1.08. The highest BCUT2D eigenvalue weighted by molar-refractivity contribution is 5.22. The van der Waals surface area contributed by atoms with E-state index >= 15 is 0 Å². The fraction of sp³-hybridized carbons (Fsp3) is 0.400. The first kappa shape index (κ1) is 15.1. The Bertz CT molecular complexity index is 656. The van der Waals surface area contributed by atoms with Crippen molar-refractivity contribution in [2.24, 2.45) is 0 Å². The van der Waals surface area contributed by atoms with Crippen LogP contribution < -0.4 is 0 Å². The number of likely N-dealkylation sites (tertiary alicyclic amines) is 1. The molecule has 0 aliphatic carbocycles. The number of nitrogens with zero attached hydrogens (tertiary/aromatic N) is 2. The highest BCUT2D eigenvalue weighted by atomic mass is 19.1. The quantitative estimate of drug-likeness (QED) is 0.877. The molecular weight excluding hydrogens is 294 g/mol. The number of aliphatic hydroxyl groups is 2. The van der Waals surface area contributed by atoms with Crippen molar-refractivity contribution in [3.8, 4) is 0 Å². The standard InChI is InChI=1S/C15H16F2N2O3/c16-10-1-2-13(17)12(3-10)15(21)7-19-5-9(6-19)14-4-11(8-20)22-18-14/h1-4,9,15,20-21H,5-8H2. The van der Waals surface area contributed by atoms with Crippen LogP contribution in [-0.2, 0) is 6.61 Å². The van der Waals surface area contributed by atoms with E-state index in [-0.39, 0.29) is 24.6 Å². The van der Waals surface area contributed by atoms with Crippen molar-refractivity contribution in [3.05, 3.63) is 52.9 Å². The number of halogens is 2. The smallest absolute Gasteiger partial charge is 0.162 e. The molecule has 2 heterocycles. The number of aliphatic hydroxyl groups excluding tert-OH is 2. The molecule has 0 amide bonds. The molecule has 1 fully saturated rings. The topological polar surface area (TPSA) is 69.7 Å². The Morgan fingerprint density at radius 1 is 1.32 bits per heavy atom. The number of hydrogen-bond donors (Lipinski definition) is 2. The maximum absolute atomic E-state index is 13.6. The molecule has 1 unspecified atom stereocenters. The van der Waals surface area contributed by atoms with Gasteiger partial charge in [0.15, 0.2) is 5.76 Å². The lowest BCUT2D eigenvalue weighted by Crippen LogP contribution is -2.46. The fourth-order valence-electron chi connectivity index (χ4n) is 2.61. The van der Waals surface area contributed by atoms with E-state index in [1.807, 2.05) is 4.90 Å². The maximum Gasteiger partial charge on any atom is 0.162 e. The van der Waals surface area contributed by atoms with Crippen LogP contribution in [0.4, 0.5) is 8.78 Å². The molecule has 3 rings (SSSR count). The van der Waals surface area contributed by atoms with Crippen molar-refractivity contribution in [1.29, 1.82) is 0 Å². The monoisotopic (exact) mass is 310 g/mol. The van der Waals surface area contributed by atoms with Crippen LogP contribution in [0.2, 0.25) is 0 Å². The molecular formula is C15H16F2N2O3. The summed E-state index contributed by atoms with van der Waals surface area (Å²) in [4.78, 5) is 1.92. The molecule has 0 saturated carbocycles. The molecule has 2 N–H and O–H groups in total. The van der Waals surface area contributed by atoms with Crippen molar-refractivity contribution in [2.75, 3.05) is 19.6 Å². The summed E-state index contributed by atoms with van der Waals surface area (Å²) < 4.78 is 31.6. The molecule has 1 aromatic heterocycles. The third-order valence-corrected chi connectivity index (χ3v) is 3.86. The Kier molecular flexibility index (Phi) is 4.19. The number of rotatable bonds is 5. The van der Waals surface area contributed by atoms with E-state index < -0.39 is 17.7 Å². The van der Waals surface area contributed by atoms with Crippen LogP contribution in [0.5, 0.6) is 0 Å². The van der Waals surface area contributed by atoms with Gasteiger partial charge in [-0.3, -0.25) is 4.90 Å². The van der Waals surface area contributed by atoms with Gasteiger partial charge in [-0.05, 0) is 18.2 Å². The Hall–Kier alpha value is -1.83. The molecule has 1 atom stereocenters. The van der Waals surface area contributed by atoms with Crippen molar-refractivity contribution >= 4 is 0 Å². The van der Waals surface area contributed by atoms with E-state index in [0.717, 1.165) is 23.9 Å². The SMILES string of the molecule is OCc1cc(C2CN(CC(O)c3cc(F)ccc3F)C2)no1.